The zero-order valence-electron chi connectivity index (χ0n) is 10.8. The monoisotopic (exact) mass is 269 g/mol. The van der Waals surface area contributed by atoms with Crippen LogP contribution in [0.25, 0.3) is 0 Å². The summed E-state index contributed by atoms with van der Waals surface area (Å²) in [5, 5.41) is 8.86. The first-order chi connectivity index (χ1) is 9.29. The van der Waals surface area contributed by atoms with E-state index < -0.39 is 0 Å². The van der Waals surface area contributed by atoms with Crippen LogP contribution in [-0.4, -0.2) is 12.4 Å². The Kier molecular flexibility index (Phi) is 4.88. The predicted octanol–water partition coefficient (Wildman–Crippen LogP) is 4.04. The van der Waals surface area contributed by atoms with Crippen LogP contribution in [0.15, 0.2) is 53.4 Å². The molecule has 2 aromatic rings. The molecule has 0 amide bonds. The Bertz CT molecular complexity index is 575. The Balaban J connectivity index is 1.85. The summed E-state index contributed by atoms with van der Waals surface area (Å²) in [5.41, 5.74) is 1.69. The van der Waals surface area contributed by atoms with Gasteiger partial charge in [0.25, 0.3) is 0 Å². The zero-order valence-corrected chi connectivity index (χ0v) is 11.6. The van der Waals surface area contributed by atoms with Gasteiger partial charge in [0.15, 0.2) is 0 Å². The van der Waals surface area contributed by atoms with Crippen LogP contribution in [0, 0.1) is 18.3 Å². The first kappa shape index (κ1) is 13.5. The molecule has 0 radical (unpaired) electrons. The van der Waals surface area contributed by atoms with Crippen LogP contribution in [0.1, 0.15) is 11.1 Å². The van der Waals surface area contributed by atoms with Crippen molar-refractivity contribution in [3.63, 3.8) is 0 Å². The molecule has 2 nitrogen and oxygen atoms in total. The Morgan fingerprint density at radius 1 is 1.16 bits per heavy atom. The van der Waals surface area contributed by atoms with Gasteiger partial charge < -0.3 is 4.74 Å². The first-order valence-corrected chi connectivity index (χ1v) is 7.09. The summed E-state index contributed by atoms with van der Waals surface area (Å²) < 4.78 is 5.73. The maximum absolute atomic E-state index is 8.86. The molecule has 19 heavy (non-hydrogen) atoms. The van der Waals surface area contributed by atoms with E-state index in [4.69, 9.17) is 10.00 Å². The molecule has 0 heterocycles. The molecule has 2 rings (SSSR count). The third kappa shape index (κ3) is 4.04. The van der Waals surface area contributed by atoms with Gasteiger partial charge in [0.05, 0.1) is 18.2 Å². The topological polar surface area (TPSA) is 33.0 Å². The molecule has 2 aromatic carbocycles. The molecular formula is C16H15NOS. The van der Waals surface area contributed by atoms with Crippen molar-refractivity contribution < 1.29 is 4.74 Å². The molecule has 0 atom stereocenters. The molecule has 0 fully saturated rings. The van der Waals surface area contributed by atoms with E-state index in [-0.39, 0.29) is 0 Å². The number of ether oxygens (including phenoxy) is 1. The van der Waals surface area contributed by atoms with E-state index in [0.717, 1.165) is 17.1 Å². The molecule has 0 spiro atoms. The van der Waals surface area contributed by atoms with E-state index in [9.17, 15) is 0 Å². The van der Waals surface area contributed by atoms with Gasteiger partial charge in [0, 0.05) is 10.6 Å². The van der Waals surface area contributed by atoms with Crippen LogP contribution in [0.4, 0.5) is 0 Å². The largest absolute Gasteiger partial charge is 0.492 e. The summed E-state index contributed by atoms with van der Waals surface area (Å²) in [6, 6.07) is 17.9. The summed E-state index contributed by atoms with van der Waals surface area (Å²) in [6.07, 6.45) is 0. The van der Waals surface area contributed by atoms with Crippen molar-refractivity contribution in [2.24, 2.45) is 0 Å². The fourth-order valence-corrected chi connectivity index (χ4v) is 2.40. The number of nitriles is 1. The maximum atomic E-state index is 8.86. The minimum atomic E-state index is 0.634. The van der Waals surface area contributed by atoms with Crippen LogP contribution < -0.4 is 4.74 Å². The van der Waals surface area contributed by atoms with E-state index in [1.54, 1.807) is 23.9 Å². The standard InChI is InChI=1S/C16H15NOS/c1-13-7-8-14(12-17)11-16(13)18-9-10-19-15-5-3-2-4-6-15/h2-8,11H,9-10H2,1H3. The maximum Gasteiger partial charge on any atom is 0.123 e. The quantitative estimate of drug-likeness (QED) is 0.606. The summed E-state index contributed by atoms with van der Waals surface area (Å²) >= 11 is 1.77. The normalized spacial score (nSPS) is 9.89. The van der Waals surface area contributed by atoms with Crippen LogP contribution in [0.2, 0.25) is 0 Å². The molecular weight excluding hydrogens is 254 g/mol. The average molecular weight is 269 g/mol. The number of rotatable bonds is 5. The highest BCUT2D eigenvalue weighted by molar-refractivity contribution is 7.99. The highest BCUT2D eigenvalue weighted by Crippen LogP contribution is 2.21. The smallest absolute Gasteiger partial charge is 0.123 e. The van der Waals surface area contributed by atoms with Crippen molar-refractivity contribution in [2.75, 3.05) is 12.4 Å². The lowest BCUT2D eigenvalue weighted by Gasteiger charge is -2.09. The minimum Gasteiger partial charge on any atom is -0.492 e. The van der Waals surface area contributed by atoms with E-state index in [2.05, 4.69) is 18.2 Å². The van der Waals surface area contributed by atoms with E-state index in [1.807, 2.05) is 31.2 Å². The second-order valence-corrected chi connectivity index (χ2v) is 5.27. The summed E-state index contributed by atoms with van der Waals surface area (Å²) in [7, 11) is 0. The van der Waals surface area contributed by atoms with Crippen molar-refractivity contribution >= 4 is 11.8 Å². The summed E-state index contributed by atoms with van der Waals surface area (Å²) in [5.74, 6) is 1.69. The van der Waals surface area contributed by atoms with Crippen LogP contribution in [-0.2, 0) is 0 Å². The van der Waals surface area contributed by atoms with Gasteiger partial charge in [-0.15, -0.1) is 11.8 Å². The number of thioether (sulfide) groups is 1. The molecule has 3 heteroatoms. The van der Waals surface area contributed by atoms with Crippen LogP contribution >= 0.6 is 11.8 Å². The lowest BCUT2D eigenvalue weighted by Crippen LogP contribution is -2.01. The molecule has 0 saturated heterocycles. The molecule has 0 aliphatic heterocycles. The number of hydrogen-bond acceptors (Lipinski definition) is 3. The second kappa shape index (κ2) is 6.86. The fourth-order valence-electron chi connectivity index (χ4n) is 1.65. The van der Waals surface area contributed by atoms with E-state index in [0.29, 0.717) is 12.2 Å². The first-order valence-electron chi connectivity index (χ1n) is 6.11. The van der Waals surface area contributed by atoms with Crippen molar-refractivity contribution in [3.05, 3.63) is 59.7 Å². The SMILES string of the molecule is Cc1ccc(C#N)cc1OCCSc1ccccc1. The third-order valence-corrected chi connectivity index (χ3v) is 3.65. The molecule has 0 aliphatic carbocycles. The molecule has 0 saturated carbocycles. The van der Waals surface area contributed by atoms with Gasteiger partial charge in [0.2, 0.25) is 0 Å². The van der Waals surface area contributed by atoms with Gasteiger partial charge in [-0.05, 0) is 36.8 Å². The minimum absolute atomic E-state index is 0.634. The Morgan fingerprint density at radius 3 is 2.68 bits per heavy atom. The van der Waals surface area contributed by atoms with Crippen molar-refractivity contribution in [2.45, 2.75) is 11.8 Å². The molecule has 0 bridgehead atoms. The highest BCUT2D eigenvalue weighted by atomic mass is 32.2. The summed E-state index contributed by atoms with van der Waals surface area (Å²) in [4.78, 5) is 1.24. The fraction of sp³-hybridized carbons (Fsp3) is 0.188. The van der Waals surface area contributed by atoms with Crippen molar-refractivity contribution in [1.82, 2.24) is 0 Å². The number of hydrogen-bond donors (Lipinski definition) is 0. The predicted molar refractivity (Wildman–Crippen MR) is 78.6 cm³/mol. The molecule has 0 unspecified atom stereocenters. The van der Waals surface area contributed by atoms with Gasteiger partial charge in [-0.3, -0.25) is 0 Å². The van der Waals surface area contributed by atoms with Gasteiger partial charge in [-0.25, -0.2) is 0 Å². The van der Waals surface area contributed by atoms with E-state index >= 15 is 0 Å². The Labute approximate surface area is 118 Å². The van der Waals surface area contributed by atoms with Gasteiger partial charge >= 0.3 is 0 Å². The Morgan fingerprint density at radius 2 is 1.95 bits per heavy atom. The molecule has 0 N–H and O–H groups in total. The lowest BCUT2D eigenvalue weighted by atomic mass is 10.1. The number of aryl methyl sites for hydroxylation is 1. The highest BCUT2D eigenvalue weighted by Gasteiger charge is 2.01. The van der Waals surface area contributed by atoms with Crippen molar-refractivity contribution in [1.29, 1.82) is 5.26 Å². The average Bonchev–Trinajstić information content (AvgIpc) is 2.46. The number of benzene rings is 2. The molecule has 0 aromatic heterocycles. The Hall–Kier alpha value is -1.92. The van der Waals surface area contributed by atoms with Crippen LogP contribution in [0.5, 0.6) is 5.75 Å². The van der Waals surface area contributed by atoms with Gasteiger partial charge in [0.1, 0.15) is 5.75 Å². The second-order valence-electron chi connectivity index (χ2n) is 4.10. The van der Waals surface area contributed by atoms with Crippen molar-refractivity contribution in [3.8, 4) is 11.8 Å². The zero-order chi connectivity index (χ0) is 13.5. The van der Waals surface area contributed by atoms with E-state index in [1.165, 1.54) is 4.90 Å². The number of nitrogens with zero attached hydrogens (tertiary/aromatic N) is 1. The molecule has 96 valence electrons. The lowest BCUT2D eigenvalue weighted by molar-refractivity contribution is 0.341. The van der Waals surface area contributed by atoms with Gasteiger partial charge in [-0.2, -0.15) is 5.26 Å². The third-order valence-electron chi connectivity index (χ3n) is 2.67. The van der Waals surface area contributed by atoms with Crippen LogP contribution in [0.3, 0.4) is 0 Å². The molecule has 0 aliphatic rings. The van der Waals surface area contributed by atoms with Gasteiger partial charge in [-0.1, -0.05) is 24.3 Å². The summed E-state index contributed by atoms with van der Waals surface area (Å²) in [6.45, 7) is 2.62.